The molecule has 4 heterocycles. The maximum absolute atomic E-state index is 12.4. The zero-order valence-corrected chi connectivity index (χ0v) is 38.7. The first-order valence-electron chi connectivity index (χ1n) is 18.3. The molecule has 4 aromatic heterocycles. The van der Waals surface area contributed by atoms with Crippen molar-refractivity contribution in [2.45, 2.75) is 40.8 Å². The number of hydrogen-bond acceptors (Lipinski definition) is 14. The van der Waals surface area contributed by atoms with Crippen molar-refractivity contribution in [1.82, 2.24) is 15.5 Å². The molecule has 0 aliphatic rings. The van der Waals surface area contributed by atoms with Crippen LogP contribution in [0.25, 0.3) is 0 Å². The molecule has 63 heavy (non-hydrogen) atoms. The molecule has 18 heteroatoms. The van der Waals surface area contributed by atoms with Crippen LogP contribution in [0.2, 0.25) is 0 Å². The van der Waals surface area contributed by atoms with E-state index in [4.69, 9.17) is 68.5 Å². The Kier molecular flexibility index (Phi) is 29.0. The highest BCUT2D eigenvalue weighted by Gasteiger charge is 2.18. The van der Waals surface area contributed by atoms with Crippen molar-refractivity contribution in [2.24, 2.45) is 0 Å². The van der Waals surface area contributed by atoms with Crippen molar-refractivity contribution in [3.05, 3.63) is 141 Å². The molecule has 0 bridgehead atoms. The summed E-state index contributed by atoms with van der Waals surface area (Å²) in [4.78, 5) is 27.7. The third kappa shape index (κ3) is 20.4. The van der Waals surface area contributed by atoms with Crippen LogP contribution in [0.15, 0.2) is 117 Å². The number of thiophene rings is 2. The number of methoxy groups -OCH3 is 4. The number of alkyl halides is 2. The molecule has 2 aromatic carbocycles. The lowest BCUT2D eigenvalue weighted by molar-refractivity contribution is 0.0945. The number of nitrogens with one attached hydrogen (secondary N) is 2. The van der Waals surface area contributed by atoms with Gasteiger partial charge in [-0.15, -0.1) is 45.9 Å². The molecular formula is C45H54Cl2N4O8S4. The lowest BCUT2D eigenvalue weighted by Gasteiger charge is -2.26. The number of hydrogen-bond donors (Lipinski definition) is 2. The quantitative estimate of drug-likeness (QED) is 0.0410. The fourth-order valence-electron chi connectivity index (χ4n) is 5.16. The topological polar surface area (TPSA) is 148 Å². The zero-order chi connectivity index (χ0) is 44.2. The van der Waals surface area contributed by atoms with Gasteiger partial charge < -0.3 is 38.0 Å². The van der Waals surface area contributed by atoms with Gasteiger partial charge in [0.2, 0.25) is 0 Å². The van der Waals surface area contributed by atoms with E-state index in [0.29, 0.717) is 41.5 Å². The summed E-state index contributed by atoms with van der Waals surface area (Å²) in [5.74, 6) is 3.15. The lowest BCUT2D eigenvalue weighted by atomic mass is 10.1. The molecule has 0 aliphatic heterocycles. The number of nitrogens with zero attached hydrogens (tertiary/aromatic N) is 2. The Hall–Kier alpha value is -4.99. The summed E-state index contributed by atoms with van der Waals surface area (Å²) >= 11 is 19.1. The summed E-state index contributed by atoms with van der Waals surface area (Å²) in [6.07, 6.45) is 4.73. The van der Waals surface area contributed by atoms with Gasteiger partial charge in [-0.3, -0.25) is 14.9 Å². The number of thiocyanates is 1. The average Bonchev–Trinajstić information content (AvgIpc) is 4.14. The maximum Gasteiger partial charge on any atom is 0.293 e. The number of furan rings is 2. The minimum Gasteiger partial charge on any atom is -0.497 e. The zero-order valence-electron chi connectivity index (χ0n) is 33.9. The fourth-order valence-corrected chi connectivity index (χ4v) is 7.12. The van der Waals surface area contributed by atoms with Gasteiger partial charge in [0.15, 0.2) is 16.6 Å². The Balaban J connectivity index is 0.000000500. The van der Waals surface area contributed by atoms with Crippen molar-refractivity contribution >= 4 is 86.0 Å². The molecule has 0 saturated heterocycles. The molecule has 0 spiro atoms. The molecule has 2 N–H and O–H groups in total. The van der Waals surface area contributed by atoms with E-state index < -0.39 is 0 Å². The van der Waals surface area contributed by atoms with Gasteiger partial charge in [0, 0.05) is 71.0 Å². The molecule has 0 aliphatic carbocycles. The normalized spacial score (nSPS) is 9.60. The van der Waals surface area contributed by atoms with Gasteiger partial charge in [0.1, 0.15) is 28.4 Å². The monoisotopic (exact) mass is 976 g/mol. The Bertz CT molecular complexity index is 2180. The third-order valence-corrected chi connectivity index (χ3v) is 10.8. The van der Waals surface area contributed by atoms with Crippen LogP contribution in [-0.2, 0) is 25.9 Å². The van der Waals surface area contributed by atoms with Crippen LogP contribution >= 0.6 is 69.9 Å². The number of thioether (sulfide) groups is 1. The van der Waals surface area contributed by atoms with E-state index in [1.165, 1.54) is 28.3 Å². The summed E-state index contributed by atoms with van der Waals surface area (Å²) in [7, 11) is 6.57. The van der Waals surface area contributed by atoms with E-state index in [0.717, 1.165) is 48.6 Å². The van der Waals surface area contributed by atoms with Crippen molar-refractivity contribution in [1.29, 1.82) is 5.26 Å². The number of nitriles is 1. The van der Waals surface area contributed by atoms with E-state index >= 15 is 0 Å². The predicted molar refractivity (Wildman–Crippen MR) is 262 cm³/mol. The number of thiocarbonyl (C=S) groups is 1. The lowest BCUT2D eigenvalue weighted by Crippen LogP contribution is -2.43. The van der Waals surface area contributed by atoms with Crippen LogP contribution in [-0.4, -0.2) is 67.9 Å². The third-order valence-electron chi connectivity index (χ3n) is 8.11. The van der Waals surface area contributed by atoms with E-state index in [-0.39, 0.29) is 42.7 Å². The molecule has 0 fully saturated rings. The molecular weight excluding hydrogens is 924 g/mol. The standard InChI is InChI=1S/C21H22N2O4S2.C15H19NO2S.C6H3NO2S.CH2Cl2.2CH4/c1-25-16-8-7-15(19(13-16)26-2)14-23(10-9-17-5-4-12-29-17)21(28)22-20(24)18-6-3-11-27-18;1-17-13-6-5-12(15(10-13)18-2)11-16-8-7-14-4-3-9-19-14;7-4-10-6(8)5-2-1-3-9-5;2-1-3;;/h3-8,11-13H,9-10,14H2,1-2H3,(H,22,24,28);3-6,9-10,16H,7-8,11H2,1-2H3;1-3H;1H2;2*1H4. The Morgan fingerprint density at radius 1 is 0.778 bits per heavy atom. The average molecular weight is 978 g/mol. The van der Waals surface area contributed by atoms with Gasteiger partial charge in [-0.2, -0.15) is 5.26 Å². The predicted octanol–water partition coefficient (Wildman–Crippen LogP) is 11.5. The number of carbonyl (C=O) groups is 2. The first-order chi connectivity index (χ1) is 29.7. The van der Waals surface area contributed by atoms with E-state index in [1.54, 1.807) is 74.7 Å². The van der Waals surface area contributed by atoms with E-state index in [9.17, 15) is 9.59 Å². The maximum atomic E-state index is 12.4. The summed E-state index contributed by atoms with van der Waals surface area (Å²) < 4.78 is 31.2. The van der Waals surface area contributed by atoms with Crippen molar-refractivity contribution in [2.75, 3.05) is 46.9 Å². The van der Waals surface area contributed by atoms with Crippen LogP contribution < -0.4 is 29.6 Å². The van der Waals surface area contributed by atoms with E-state index in [2.05, 4.69) is 34.2 Å². The van der Waals surface area contributed by atoms with Crippen LogP contribution in [0.3, 0.4) is 0 Å². The first-order valence-corrected chi connectivity index (χ1v) is 22.3. The van der Waals surface area contributed by atoms with Gasteiger partial charge in [0.25, 0.3) is 11.0 Å². The van der Waals surface area contributed by atoms with Crippen LogP contribution in [0.5, 0.6) is 23.0 Å². The largest absolute Gasteiger partial charge is 0.497 e. The number of ether oxygens (including phenoxy) is 4. The minimum absolute atomic E-state index is 0. The number of carbonyl (C=O) groups excluding carboxylic acids is 2. The number of rotatable bonds is 16. The summed E-state index contributed by atoms with van der Waals surface area (Å²) in [6.45, 7) is 2.90. The van der Waals surface area contributed by atoms with Crippen molar-refractivity contribution < 1.29 is 37.4 Å². The number of halogens is 2. The molecule has 1 amide bonds. The molecule has 0 saturated carbocycles. The van der Waals surface area contributed by atoms with Gasteiger partial charge in [0.05, 0.1) is 46.3 Å². The molecule has 6 rings (SSSR count). The van der Waals surface area contributed by atoms with Gasteiger partial charge >= 0.3 is 0 Å². The Labute approximate surface area is 398 Å². The molecule has 340 valence electrons. The van der Waals surface area contributed by atoms with Gasteiger partial charge in [-0.25, -0.2) is 0 Å². The Morgan fingerprint density at radius 3 is 1.81 bits per heavy atom. The van der Waals surface area contributed by atoms with Crippen LogP contribution in [0, 0.1) is 10.7 Å². The summed E-state index contributed by atoms with van der Waals surface area (Å²) in [6, 6.07) is 26.3. The SMILES string of the molecule is C.C.COc1ccc(CN(CCc2cccs2)C(=S)NC(=O)c2ccco2)c(OC)c1.COc1ccc(CNCCc2cccs2)c(OC)c1.ClCCl.N#CSC(=O)c1ccco1. The fraction of sp³-hybridized carbons (Fsp3) is 0.289. The number of benzene rings is 2. The Morgan fingerprint density at radius 2 is 1.32 bits per heavy atom. The number of amides is 1. The molecule has 0 unspecified atom stereocenters. The molecule has 12 nitrogen and oxygen atoms in total. The highest BCUT2D eigenvalue weighted by atomic mass is 35.5. The second-order valence-electron chi connectivity index (χ2n) is 11.9. The van der Waals surface area contributed by atoms with Crippen LogP contribution in [0.1, 0.15) is 56.8 Å². The molecule has 0 atom stereocenters. The minimum atomic E-state index is -0.372. The molecule has 0 radical (unpaired) electrons. The van der Waals surface area contributed by atoms with Gasteiger partial charge in [-0.1, -0.05) is 33.1 Å². The second kappa shape index (κ2) is 32.7. The van der Waals surface area contributed by atoms with Crippen LogP contribution in [0.4, 0.5) is 0 Å². The van der Waals surface area contributed by atoms with E-state index in [1.807, 2.05) is 52.7 Å². The van der Waals surface area contributed by atoms with Crippen molar-refractivity contribution in [3.8, 4) is 28.4 Å². The molecule has 6 aromatic rings. The smallest absolute Gasteiger partial charge is 0.293 e. The van der Waals surface area contributed by atoms with Crippen molar-refractivity contribution in [3.63, 3.8) is 0 Å². The summed E-state index contributed by atoms with van der Waals surface area (Å²) in [5.41, 5.74) is 2.09. The highest BCUT2D eigenvalue weighted by Crippen LogP contribution is 2.27. The van der Waals surface area contributed by atoms with Gasteiger partial charge in [-0.05, 0) is 90.4 Å². The second-order valence-corrected chi connectivity index (χ2v) is 15.9. The highest BCUT2D eigenvalue weighted by molar-refractivity contribution is 8.18. The first kappa shape index (κ1) is 56.0. The summed E-state index contributed by atoms with van der Waals surface area (Å²) in [5, 5.41) is 20.3.